The van der Waals surface area contributed by atoms with Crippen LogP contribution in [0.2, 0.25) is 0 Å². The van der Waals surface area contributed by atoms with Crippen LogP contribution in [0, 0.1) is 34.5 Å². The molecule has 134 valence electrons. The molecule has 0 heterocycles. The number of allylic oxidation sites excluding steroid dienone is 4. The molecule has 7 atom stereocenters. The van der Waals surface area contributed by atoms with E-state index in [1.165, 1.54) is 50.7 Å². The maximum Gasteiger partial charge on any atom is 0.00834 e. The molecule has 4 aliphatic carbocycles. The van der Waals surface area contributed by atoms with Gasteiger partial charge in [0.1, 0.15) is 0 Å². The van der Waals surface area contributed by atoms with Gasteiger partial charge in [-0.15, -0.1) is 0 Å². The molecule has 2 fully saturated rings. The van der Waals surface area contributed by atoms with Gasteiger partial charge in [-0.1, -0.05) is 52.3 Å². The van der Waals surface area contributed by atoms with Gasteiger partial charge in [0.25, 0.3) is 0 Å². The highest BCUT2D eigenvalue weighted by molar-refractivity contribution is 7.99. The average molecular weight is 345 g/mol. The highest BCUT2D eigenvalue weighted by Crippen LogP contribution is 2.66. The smallest absolute Gasteiger partial charge is 0.00834 e. The first-order chi connectivity index (χ1) is 11.5. The predicted molar refractivity (Wildman–Crippen MR) is 107 cm³/mol. The molecule has 0 unspecified atom stereocenters. The fourth-order valence-electron chi connectivity index (χ4n) is 7.41. The van der Waals surface area contributed by atoms with E-state index in [9.17, 15) is 0 Å². The molecule has 0 aromatic carbocycles. The molecule has 0 amide bonds. The second-order valence-corrected chi connectivity index (χ2v) is 10.9. The minimum Gasteiger partial charge on any atom is -0.159 e. The van der Waals surface area contributed by atoms with Crippen LogP contribution in [0.5, 0.6) is 0 Å². The largest absolute Gasteiger partial charge is 0.159 e. The Morgan fingerprint density at radius 1 is 1.17 bits per heavy atom. The van der Waals surface area contributed by atoms with E-state index in [0.29, 0.717) is 10.8 Å². The third-order valence-corrected chi connectivity index (χ3v) is 9.90. The fourth-order valence-corrected chi connectivity index (χ4v) is 8.91. The zero-order valence-corrected chi connectivity index (χ0v) is 17.0. The molecular formula is C23H36S. The van der Waals surface area contributed by atoms with Crippen LogP contribution in [0.15, 0.2) is 23.8 Å². The second-order valence-electron chi connectivity index (χ2n) is 9.41. The molecule has 2 saturated carbocycles. The summed E-state index contributed by atoms with van der Waals surface area (Å²) < 4.78 is 0. The summed E-state index contributed by atoms with van der Waals surface area (Å²) in [5.41, 5.74) is 2.76. The molecule has 4 rings (SSSR count). The van der Waals surface area contributed by atoms with Crippen molar-refractivity contribution < 1.29 is 0 Å². The minimum atomic E-state index is 0.483. The zero-order chi connectivity index (χ0) is 16.9. The van der Waals surface area contributed by atoms with Crippen LogP contribution < -0.4 is 0 Å². The minimum absolute atomic E-state index is 0.483. The lowest BCUT2D eigenvalue weighted by Crippen LogP contribution is -2.48. The standard InChI is InChI=1S/C23H36S/c1-5-18-21(24-6-2)15-20-17-11-10-16-9-7-8-13-22(16,3)19(17)12-14-23(18,20)4/h9-11,17-21H,5-8,12-15H2,1-4H3/t17-,18+,19+,20+,21-,22+,23-/m1/s1. The van der Waals surface area contributed by atoms with E-state index in [4.69, 9.17) is 0 Å². The van der Waals surface area contributed by atoms with Crippen molar-refractivity contribution in [2.24, 2.45) is 34.5 Å². The van der Waals surface area contributed by atoms with Gasteiger partial charge in [0.05, 0.1) is 0 Å². The van der Waals surface area contributed by atoms with Gasteiger partial charge in [-0.25, -0.2) is 0 Å². The van der Waals surface area contributed by atoms with Crippen molar-refractivity contribution >= 4 is 11.8 Å². The Labute approximate surface area is 153 Å². The van der Waals surface area contributed by atoms with Crippen molar-refractivity contribution in [1.29, 1.82) is 0 Å². The normalized spacial score (nSPS) is 50.0. The van der Waals surface area contributed by atoms with E-state index in [1.807, 2.05) is 0 Å². The number of fused-ring (bicyclic) bond motifs is 5. The van der Waals surface area contributed by atoms with Crippen LogP contribution in [0.3, 0.4) is 0 Å². The second kappa shape index (κ2) is 6.22. The quantitative estimate of drug-likeness (QED) is 0.538. The Morgan fingerprint density at radius 2 is 2.00 bits per heavy atom. The lowest BCUT2D eigenvalue weighted by atomic mass is 9.48. The zero-order valence-electron chi connectivity index (χ0n) is 16.2. The molecule has 0 aromatic rings. The van der Waals surface area contributed by atoms with E-state index < -0.39 is 0 Å². The molecule has 0 nitrogen and oxygen atoms in total. The Morgan fingerprint density at radius 3 is 2.75 bits per heavy atom. The molecule has 4 aliphatic rings. The lowest BCUT2D eigenvalue weighted by molar-refractivity contribution is -0.0153. The van der Waals surface area contributed by atoms with E-state index in [1.54, 1.807) is 5.57 Å². The van der Waals surface area contributed by atoms with Gasteiger partial charge in [0.2, 0.25) is 0 Å². The maximum atomic E-state index is 2.67. The van der Waals surface area contributed by atoms with Crippen molar-refractivity contribution in [2.75, 3.05) is 5.75 Å². The fraction of sp³-hybridized carbons (Fsp3) is 0.826. The van der Waals surface area contributed by atoms with Crippen LogP contribution in [0.4, 0.5) is 0 Å². The summed E-state index contributed by atoms with van der Waals surface area (Å²) in [5, 5.41) is 0.915. The van der Waals surface area contributed by atoms with Gasteiger partial charge < -0.3 is 0 Å². The predicted octanol–water partition coefficient (Wildman–Crippen LogP) is 6.87. The SMILES string of the molecule is CCS[C@@H]1C[C@H]2[C@@H]3C=CC4=CCCC[C@]4(C)[C@H]3CC[C@]2(C)[C@H]1CC. The molecule has 0 aliphatic heterocycles. The van der Waals surface area contributed by atoms with Crippen molar-refractivity contribution in [1.82, 2.24) is 0 Å². The van der Waals surface area contributed by atoms with Gasteiger partial charge in [0.15, 0.2) is 0 Å². The molecule has 0 saturated heterocycles. The summed E-state index contributed by atoms with van der Waals surface area (Å²) in [6, 6.07) is 0. The third kappa shape index (κ3) is 2.32. The first kappa shape index (κ1) is 17.3. The van der Waals surface area contributed by atoms with Crippen LogP contribution in [-0.2, 0) is 0 Å². The summed E-state index contributed by atoms with van der Waals surface area (Å²) in [5.74, 6) is 4.92. The summed E-state index contributed by atoms with van der Waals surface area (Å²) in [6.07, 6.45) is 17.7. The third-order valence-electron chi connectivity index (χ3n) is 8.61. The summed E-state index contributed by atoms with van der Waals surface area (Å²) in [6.45, 7) is 10.1. The molecule has 0 aromatic heterocycles. The maximum absolute atomic E-state index is 2.67. The summed E-state index contributed by atoms with van der Waals surface area (Å²) in [4.78, 5) is 0. The number of thioether (sulfide) groups is 1. The first-order valence-corrected chi connectivity index (χ1v) is 11.6. The number of hydrogen-bond acceptors (Lipinski definition) is 1. The molecule has 24 heavy (non-hydrogen) atoms. The van der Waals surface area contributed by atoms with Gasteiger partial charge in [-0.3, -0.25) is 0 Å². The molecule has 0 spiro atoms. The lowest BCUT2D eigenvalue weighted by Gasteiger charge is -2.56. The molecular weight excluding hydrogens is 308 g/mol. The summed E-state index contributed by atoms with van der Waals surface area (Å²) >= 11 is 2.26. The van der Waals surface area contributed by atoms with Crippen molar-refractivity contribution in [3.05, 3.63) is 23.8 Å². The number of rotatable bonds is 3. The Hall–Kier alpha value is -0.170. The van der Waals surface area contributed by atoms with Crippen molar-refractivity contribution in [3.8, 4) is 0 Å². The van der Waals surface area contributed by atoms with Crippen LogP contribution in [-0.4, -0.2) is 11.0 Å². The Balaban J connectivity index is 1.69. The van der Waals surface area contributed by atoms with Crippen LogP contribution in [0.25, 0.3) is 0 Å². The van der Waals surface area contributed by atoms with Gasteiger partial charge in [0, 0.05) is 5.25 Å². The number of hydrogen-bond donors (Lipinski definition) is 0. The van der Waals surface area contributed by atoms with Gasteiger partial charge in [-0.05, 0) is 84.4 Å². The van der Waals surface area contributed by atoms with E-state index in [0.717, 1.165) is 28.9 Å². The van der Waals surface area contributed by atoms with E-state index in [2.05, 4.69) is 57.7 Å². The van der Waals surface area contributed by atoms with Gasteiger partial charge >= 0.3 is 0 Å². The highest BCUT2D eigenvalue weighted by atomic mass is 32.2. The van der Waals surface area contributed by atoms with Crippen LogP contribution >= 0.6 is 11.8 Å². The molecule has 0 N–H and O–H groups in total. The molecule has 1 heteroatoms. The van der Waals surface area contributed by atoms with Gasteiger partial charge in [-0.2, -0.15) is 11.8 Å². The van der Waals surface area contributed by atoms with E-state index >= 15 is 0 Å². The van der Waals surface area contributed by atoms with Crippen molar-refractivity contribution in [3.63, 3.8) is 0 Å². The summed E-state index contributed by atoms with van der Waals surface area (Å²) in [7, 11) is 0. The average Bonchev–Trinajstić information content (AvgIpc) is 2.86. The Bertz CT molecular complexity index is 546. The van der Waals surface area contributed by atoms with E-state index in [-0.39, 0.29) is 0 Å². The van der Waals surface area contributed by atoms with Crippen LogP contribution in [0.1, 0.15) is 72.6 Å². The molecule has 0 bridgehead atoms. The topological polar surface area (TPSA) is 0 Å². The highest BCUT2D eigenvalue weighted by Gasteiger charge is 2.59. The monoisotopic (exact) mass is 344 g/mol. The first-order valence-electron chi connectivity index (χ1n) is 10.5. The Kier molecular flexibility index (Phi) is 4.47. The molecule has 0 radical (unpaired) electrons. The van der Waals surface area contributed by atoms with Crippen molar-refractivity contribution in [2.45, 2.75) is 77.9 Å².